The maximum Gasteiger partial charge on any atom is 0.228 e. The largest absolute Gasteiger partial charge is 0.443 e. The van der Waals surface area contributed by atoms with Gasteiger partial charge in [-0.15, -0.1) is 0 Å². The van der Waals surface area contributed by atoms with Crippen LogP contribution in [0, 0.1) is 13.8 Å². The molecule has 0 atom stereocenters. The molecule has 1 aromatic heterocycles. The Morgan fingerprint density at radius 2 is 1.90 bits per heavy atom. The van der Waals surface area contributed by atoms with Crippen LogP contribution in [-0.2, 0) is 11.2 Å². The topological polar surface area (TPSA) is 55.1 Å². The molecule has 4 heteroatoms. The highest BCUT2D eigenvalue weighted by Gasteiger charge is 2.07. The Bertz CT molecular complexity index is 785. The number of nitrogens with one attached hydrogen (secondary N) is 1. The number of hydrogen-bond acceptors (Lipinski definition) is 3. The number of hydrogen-bond donors (Lipinski definition) is 1. The lowest BCUT2D eigenvalue weighted by Crippen LogP contribution is -2.14. The summed E-state index contributed by atoms with van der Waals surface area (Å²) >= 11 is 0. The number of nitrogens with zero attached hydrogens (tertiary/aromatic N) is 1. The van der Waals surface area contributed by atoms with E-state index in [2.05, 4.69) is 16.4 Å². The van der Waals surface area contributed by atoms with Gasteiger partial charge in [0.1, 0.15) is 5.52 Å². The molecule has 2 aromatic carbocycles. The van der Waals surface area contributed by atoms with Gasteiger partial charge in [-0.2, -0.15) is 0 Å². The molecule has 21 heavy (non-hydrogen) atoms. The lowest BCUT2D eigenvalue weighted by atomic mass is 10.1. The fourth-order valence-electron chi connectivity index (χ4n) is 2.45. The Hall–Kier alpha value is -2.62. The van der Waals surface area contributed by atoms with Crippen LogP contribution in [0.15, 0.2) is 47.2 Å². The lowest BCUT2D eigenvalue weighted by molar-refractivity contribution is -0.115. The minimum atomic E-state index is -0.0427. The second-order valence-corrected chi connectivity index (χ2v) is 5.26. The summed E-state index contributed by atoms with van der Waals surface area (Å²) in [6.45, 7) is 4.03. The molecule has 1 N–H and O–H groups in total. The molecule has 0 bridgehead atoms. The summed E-state index contributed by atoms with van der Waals surface area (Å²) in [6.07, 6.45) is 1.72. The monoisotopic (exact) mass is 280 g/mol. The summed E-state index contributed by atoms with van der Waals surface area (Å²) < 4.78 is 5.25. The first kappa shape index (κ1) is 13.4. The zero-order chi connectivity index (χ0) is 14.8. The second kappa shape index (κ2) is 5.40. The van der Waals surface area contributed by atoms with Crippen LogP contribution in [0.5, 0.6) is 0 Å². The smallest absolute Gasteiger partial charge is 0.228 e. The third kappa shape index (κ3) is 3.11. The summed E-state index contributed by atoms with van der Waals surface area (Å²) in [5.41, 5.74) is 5.50. The third-order valence-electron chi connectivity index (χ3n) is 3.27. The van der Waals surface area contributed by atoms with Crippen LogP contribution in [0.1, 0.15) is 16.7 Å². The zero-order valence-electron chi connectivity index (χ0n) is 12.0. The minimum absolute atomic E-state index is 0.0427. The van der Waals surface area contributed by atoms with Gasteiger partial charge in [-0.3, -0.25) is 4.79 Å². The Morgan fingerprint density at radius 3 is 2.67 bits per heavy atom. The van der Waals surface area contributed by atoms with Crippen molar-refractivity contribution >= 4 is 22.7 Å². The molecule has 0 aliphatic heterocycles. The van der Waals surface area contributed by atoms with E-state index < -0.39 is 0 Å². The van der Waals surface area contributed by atoms with E-state index in [-0.39, 0.29) is 5.91 Å². The molecule has 1 amide bonds. The zero-order valence-corrected chi connectivity index (χ0v) is 12.0. The Labute approximate surface area is 122 Å². The highest BCUT2D eigenvalue weighted by Crippen LogP contribution is 2.16. The Morgan fingerprint density at radius 1 is 1.14 bits per heavy atom. The van der Waals surface area contributed by atoms with Crippen LogP contribution < -0.4 is 5.32 Å². The molecule has 0 saturated carbocycles. The van der Waals surface area contributed by atoms with Crippen LogP contribution in [-0.4, -0.2) is 10.9 Å². The van der Waals surface area contributed by atoms with Crippen LogP contribution in [0.3, 0.4) is 0 Å². The molecule has 0 radical (unpaired) electrons. The van der Waals surface area contributed by atoms with Crippen LogP contribution in [0.4, 0.5) is 5.69 Å². The first-order valence-corrected chi connectivity index (χ1v) is 6.80. The van der Waals surface area contributed by atoms with Gasteiger partial charge < -0.3 is 9.73 Å². The van der Waals surface area contributed by atoms with Gasteiger partial charge in [-0.05, 0) is 54.8 Å². The van der Waals surface area contributed by atoms with Crippen molar-refractivity contribution in [3.8, 4) is 0 Å². The molecule has 0 saturated heterocycles. The van der Waals surface area contributed by atoms with Crippen LogP contribution >= 0.6 is 0 Å². The Balaban J connectivity index is 1.73. The van der Waals surface area contributed by atoms with Crippen molar-refractivity contribution in [3.05, 3.63) is 59.5 Å². The van der Waals surface area contributed by atoms with Gasteiger partial charge in [-0.25, -0.2) is 4.98 Å². The number of carbonyl (C=O) groups excluding carboxylic acids is 1. The molecule has 0 spiro atoms. The number of aromatic nitrogens is 1. The number of fused-ring (bicyclic) bond motifs is 1. The van der Waals surface area contributed by atoms with E-state index in [9.17, 15) is 4.79 Å². The number of rotatable bonds is 3. The molecule has 3 aromatic rings. The van der Waals surface area contributed by atoms with Gasteiger partial charge in [0, 0.05) is 5.69 Å². The fraction of sp³-hybridized carbons (Fsp3) is 0.176. The van der Waals surface area contributed by atoms with Gasteiger partial charge in [0.2, 0.25) is 5.91 Å². The average molecular weight is 280 g/mol. The van der Waals surface area contributed by atoms with Gasteiger partial charge in [-0.1, -0.05) is 12.1 Å². The van der Waals surface area contributed by atoms with Crippen molar-refractivity contribution in [1.82, 2.24) is 4.98 Å². The van der Waals surface area contributed by atoms with E-state index in [1.165, 1.54) is 6.39 Å². The minimum Gasteiger partial charge on any atom is -0.443 e. The van der Waals surface area contributed by atoms with Crippen molar-refractivity contribution in [2.24, 2.45) is 0 Å². The highest BCUT2D eigenvalue weighted by molar-refractivity contribution is 5.92. The molecule has 0 unspecified atom stereocenters. The molecular weight excluding hydrogens is 264 g/mol. The molecule has 0 aliphatic rings. The molecule has 0 aliphatic carbocycles. The SMILES string of the molecule is Cc1cc(C)cc(NC(=O)Cc2ccc3ncoc3c2)c1. The van der Waals surface area contributed by atoms with Crippen molar-refractivity contribution < 1.29 is 9.21 Å². The van der Waals surface area contributed by atoms with Gasteiger partial charge in [0.05, 0.1) is 6.42 Å². The molecule has 1 heterocycles. The standard InChI is InChI=1S/C17H16N2O2/c1-11-5-12(2)7-14(6-11)19-17(20)9-13-3-4-15-16(8-13)21-10-18-15/h3-8,10H,9H2,1-2H3,(H,19,20). The molecular formula is C17H16N2O2. The number of benzene rings is 2. The summed E-state index contributed by atoms with van der Waals surface area (Å²) in [6, 6.07) is 11.6. The first-order chi connectivity index (χ1) is 10.1. The van der Waals surface area contributed by atoms with E-state index in [1.54, 1.807) is 0 Å². The van der Waals surface area contributed by atoms with E-state index in [4.69, 9.17) is 4.42 Å². The molecule has 4 nitrogen and oxygen atoms in total. The summed E-state index contributed by atoms with van der Waals surface area (Å²) in [5, 5.41) is 2.93. The van der Waals surface area contributed by atoms with E-state index in [0.29, 0.717) is 12.0 Å². The molecule has 3 rings (SSSR count). The van der Waals surface area contributed by atoms with Crippen LogP contribution in [0.2, 0.25) is 0 Å². The third-order valence-corrected chi connectivity index (χ3v) is 3.27. The van der Waals surface area contributed by atoms with Crippen molar-refractivity contribution in [3.63, 3.8) is 0 Å². The van der Waals surface area contributed by atoms with Gasteiger partial charge in [0.15, 0.2) is 12.0 Å². The summed E-state index contributed by atoms with van der Waals surface area (Å²) in [4.78, 5) is 16.2. The highest BCUT2D eigenvalue weighted by atomic mass is 16.3. The Kier molecular flexibility index (Phi) is 3.44. The summed E-state index contributed by atoms with van der Waals surface area (Å²) in [5.74, 6) is -0.0427. The van der Waals surface area contributed by atoms with Gasteiger partial charge >= 0.3 is 0 Å². The number of amides is 1. The number of aryl methyl sites for hydroxylation is 2. The number of anilines is 1. The maximum absolute atomic E-state index is 12.1. The fourth-order valence-corrected chi connectivity index (χ4v) is 2.45. The predicted octanol–water partition coefficient (Wildman–Crippen LogP) is 3.63. The van der Waals surface area contributed by atoms with Crippen molar-refractivity contribution in [2.75, 3.05) is 5.32 Å². The van der Waals surface area contributed by atoms with Crippen LogP contribution in [0.25, 0.3) is 11.1 Å². The van der Waals surface area contributed by atoms with E-state index in [1.807, 2.05) is 44.2 Å². The van der Waals surface area contributed by atoms with Gasteiger partial charge in [0.25, 0.3) is 0 Å². The van der Waals surface area contributed by atoms with Crippen molar-refractivity contribution in [1.29, 1.82) is 0 Å². The second-order valence-electron chi connectivity index (χ2n) is 5.26. The first-order valence-electron chi connectivity index (χ1n) is 6.80. The average Bonchev–Trinajstić information content (AvgIpc) is 2.84. The van der Waals surface area contributed by atoms with E-state index >= 15 is 0 Å². The molecule has 0 fully saturated rings. The van der Waals surface area contributed by atoms with E-state index in [0.717, 1.165) is 27.9 Å². The lowest BCUT2D eigenvalue weighted by Gasteiger charge is -2.07. The summed E-state index contributed by atoms with van der Waals surface area (Å²) in [7, 11) is 0. The maximum atomic E-state index is 12.1. The normalized spacial score (nSPS) is 10.8. The van der Waals surface area contributed by atoms with Crippen molar-refractivity contribution in [2.45, 2.75) is 20.3 Å². The molecule has 106 valence electrons. The number of oxazole rings is 1. The predicted molar refractivity (Wildman–Crippen MR) is 82.3 cm³/mol. The quantitative estimate of drug-likeness (QED) is 0.797. The number of carbonyl (C=O) groups is 1.